The van der Waals surface area contributed by atoms with Crippen LogP contribution in [0.1, 0.15) is 37.3 Å². The Hall–Kier alpha value is -2.22. The number of nitriles is 1. The van der Waals surface area contributed by atoms with Crippen LogP contribution >= 0.6 is 15.9 Å². The van der Waals surface area contributed by atoms with Crippen LogP contribution in [0.15, 0.2) is 53.1 Å². The van der Waals surface area contributed by atoms with Crippen molar-refractivity contribution in [1.82, 2.24) is 10.3 Å². The lowest BCUT2D eigenvalue weighted by molar-refractivity contribution is 0.301. The first-order valence-electron chi connectivity index (χ1n) is 9.95. The Labute approximate surface area is 174 Å². The SMILES string of the molecule is CC1CC(CCc2cnc3c(-c4ccc(C#N)cc4)cccc3c2Br)CCN1. The Morgan fingerprint density at radius 3 is 2.79 bits per heavy atom. The zero-order valence-corrected chi connectivity index (χ0v) is 17.7. The van der Waals surface area contributed by atoms with Gasteiger partial charge < -0.3 is 5.32 Å². The molecular formula is C24H24BrN3. The fourth-order valence-corrected chi connectivity index (χ4v) is 4.84. The summed E-state index contributed by atoms with van der Waals surface area (Å²) in [6, 6.07) is 16.8. The molecule has 2 atom stereocenters. The first-order valence-corrected chi connectivity index (χ1v) is 10.7. The molecule has 1 aliphatic heterocycles. The number of pyridine rings is 1. The third kappa shape index (κ3) is 3.97. The van der Waals surface area contributed by atoms with E-state index in [1.807, 2.05) is 30.5 Å². The number of aromatic nitrogens is 1. The van der Waals surface area contributed by atoms with Crippen molar-refractivity contribution in [2.45, 2.75) is 38.6 Å². The number of nitrogens with one attached hydrogen (secondary N) is 1. The highest BCUT2D eigenvalue weighted by molar-refractivity contribution is 9.10. The van der Waals surface area contributed by atoms with E-state index in [9.17, 15) is 0 Å². The summed E-state index contributed by atoms with van der Waals surface area (Å²) < 4.78 is 1.16. The molecule has 4 heteroatoms. The molecule has 3 nitrogen and oxygen atoms in total. The van der Waals surface area contributed by atoms with Gasteiger partial charge in [0, 0.05) is 27.7 Å². The van der Waals surface area contributed by atoms with E-state index in [1.54, 1.807) is 0 Å². The van der Waals surface area contributed by atoms with Gasteiger partial charge in [0.15, 0.2) is 0 Å². The number of nitrogens with zero attached hydrogens (tertiary/aromatic N) is 2. The lowest BCUT2D eigenvalue weighted by Gasteiger charge is -2.28. The topological polar surface area (TPSA) is 48.7 Å². The van der Waals surface area contributed by atoms with E-state index in [1.165, 1.54) is 24.8 Å². The maximum absolute atomic E-state index is 9.02. The van der Waals surface area contributed by atoms with Crippen LogP contribution in [0.3, 0.4) is 0 Å². The summed E-state index contributed by atoms with van der Waals surface area (Å²) in [5.74, 6) is 0.795. The van der Waals surface area contributed by atoms with Crippen molar-refractivity contribution < 1.29 is 0 Å². The third-order valence-electron chi connectivity index (χ3n) is 5.78. The summed E-state index contributed by atoms with van der Waals surface area (Å²) in [5, 5.41) is 13.7. The fourth-order valence-electron chi connectivity index (χ4n) is 4.22. The maximum Gasteiger partial charge on any atom is 0.0991 e. The normalized spacial score (nSPS) is 19.5. The van der Waals surface area contributed by atoms with Crippen LogP contribution in [0.4, 0.5) is 0 Å². The number of fused-ring (bicyclic) bond motifs is 1. The highest BCUT2D eigenvalue weighted by atomic mass is 79.9. The largest absolute Gasteiger partial charge is 0.314 e. The number of halogens is 1. The number of aryl methyl sites for hydroxylation is 1. The molecule has 1 N–H and O–H groups in total. The molecule has 0 spiro atoms. The van der Waals surface area contributed by atoms with E-state index in [0.717, 1.165) is 45.4 Å². The van der Waals surface area contributed by atoms with Crippen molar-refractivity contribution in [3.8, 4) is 17.2 Å². The fraction of sp³-hybridized carbons (Fsp3) is 0.333. The lowest BCUT2D eigenvalue weighted by atomic mass is 9.88. The summed E-state index contributed by atoms with van der Waals surface area (Å²) in [7, 11) is 0. The van der Waals surface area contributed by atoms with Crippen LogP contribution in [-0.2, 0) is 6.42 Å². The maximum atomic E-state index is 9.02. The van der Waals surface area contributed by atoms with Crippen LogP contribution in [0, 0.1) is 17.2 Å². The van der Waals surface area contributed by atoms with Crippen molar-refractivity contribution in [2.75, 3.05) is 6.54 Å². The third-order valence-corrected chi connectivity index (χ3v) is 6.72. The van der Waals surface area contributed by atoms with Crippen LogP contribution in [-0.4, -0.2) is 17.6 Å². The van der Waals surface area contributed by atoms with Gasteiger partial charge in [0.2, 0.25) is 0 Å². The Morgan fingerprint density at radius 1 is 1.21 bits per heavy atom. The van der Waals surface area contributed by atoms with Crippen molar-refractivity contribution >= 4 is 26.8 Å². The molecule has 0 radical (unpaired) electrons. The molecule has 1 saturated heterocycles. The smallest absolute Gasteiger partial charge is 0.0991 e. The van der Waals surface area contributed by atoms with Crippen molar-refractivity contribution in [2.24, 2.45) is 5.92 Å². The average Bonchev–Trinajstić information content (AvgIpc) is 2.73. The molecule has 3 aromatic rings. The van der Waals surface area contributed by atoms with Crippen molar-refractivity contribution in [1.29, 1.82) is 5.26 Å². The van der Waals surface area contributed by atoms with Crippen molar-refractivity contribution in [3.05, 3.63) is 64.3 Å². The second-order valence-electron chi connectivity index (χ2n) is 7.77. The molecular weight excluding hydrogens is 410 g/mol. The number of hydrogen-bond acceptors (Lipinski definition) is 3. The first kappa shape index (κ1) is 19.1. The molecule has 1 aromatic heterocycles. The quantitative estimate of drug-likeness (QED) is 0.560. The number of hydrogen-bond donors (Lipinski definition) is 1. The summed E-state index contributed by atoms with van der Waals surface area (Å²) in [6.45, 7) is 3.42. The predicted octanol–water partition coefficient (Wildman–Crippen LogP) is 5.86. The van der Waals surface area contributed by atoms with E-state index in [-0.39, 0.29) is 0 Å². The number of piperidine rings is 1. The molecule has 2 aromatic carbocycles. The van der Waals surface area contributed by atoms with Gasteiger partial charge in [-0.15, -0.1) is 0 Å². The van der Waals surface area contributed by atoms with E-state index in [0.29, 0.717) is 11.6 Å². The number of benzene rings is 2. The van der Waals surface area contributed by atoms with E-state index in [4.69, 9.17) is 10.2 Å². The van der Waals surface area contributed by atoms with Crippen LogP contribution in [0.2, 0.25) is 0 Å². The molecule has 142 valence electrons. The zero-order chi connectivity index (χ0) is 19.5. The highest BCUT2D eigenvalue weighted by Gasteiger charge is 2.19. The van der Waals surface area contributed by atoms with Gasteiger partial charge in [-0.25, -0.2) is 0 Å². The number of rotatable bonds is 4. The minimum Gasteiger partial charge on any atom is -0.314 e. The van der Waals surface area contributed by atoms with Gasteiger partial charge in [0.05, 0.1) is 17.1 Å². The predicted molar refractivity (Wildman–Crippen MR) is 118 cm³/mol. The minimum absolute atomic E-state index is 0.631. The van der Waals surface area contributed by atoms with Crippen LogP contribution in [0.25, 0.3) is 22.0 Å². The number of para-hydroxylation sites is 1. The van der Waals surface area contributed by atoms with E-state index in [2.05, 4.69) is 52.4 Å². The summed E-state index contributed by atoms with van der Waals surface area (Å²) in [5.41, 5.74) is 5.14. The summed E-state index contributed by atoms with van der Waals surface area (Å²) >= 11 is 3.85. The summed E-state index contributed by atoms with van der Waals surface area (Å²) in [6.07, 6.45) is 6.84. The zero-order valence-electron chi connectivity index (χ0n) is 16.1. The van der Waals surface area contributed by atoms with Gasteiger partial charge in [0.25, 0.3) is 0 Å². The monoisotopic (exact) mass is 433 g/mol. The Bertz CT molecular complexity index is 1020. The van der Waals surface area contributed by atoms with Gasteiger partial charge in [0.1, 0.15) is 0 Å². The second kappa shape index (κ2) is 8.43. The second-order valence-corrected chi connectivity index (χ2v) is 8.57. The molecule has 1 fully saturated rings. The Balaban J connectivity index is 1.61. The van der Waals surface area contributed by atoms with Gasteiger partial charge in [-0.1, -0.05) is 30.3 Å². The first-order chi connectivity index (χ1) is 13.7. The van der Waals surface area contributed by atoms with Crippen molar-refractivity contribution in [3.63, 3.8) is 0 Å². The standard InChI is InChI=1S/C24H24BrN3/c1-16-13-17(11-12-27-16)5-10-20-15-28-24-21(3-2-4-22(24)23(20)25)19-8-6-18(14-26)7-9-19/h2-4,6-9,15-17,27H,5,10-13H2,1H3. The van der Waals surface area contributed by atoms with Crippen LogP contribution < -0.4 is 5.32 Å². The molecule has 2 heterocycles. The van der Waals surface area contributed by atoms with E-state index < -0.39 is 0 Å². The summed E-state index contributed by atoms with van der Waals surface area (Å²) in [4.78, 5) is 4.83. The van der Waals surface area contributed by atoms with E-state index >= 15 is 0 Å². The molecule has 28 heavy (non-hydrogen) atoms. The minimum atomic E-state index is 0.631. The Kier molecular flexibility index (Phi) is 5.75. The van der Waals surface area contributed by atoms with Gasteiger partial charge in [-0.3, -0.25) is 4.98 Å². The molecule has 0 amide bonds. The molecule has 2 unspecified atom stereocenters. The van der Waals surface area contributed by atoms with Gasteiger partial charge in [-0.2, -0.15) is 5.26 Å². The highest BCUT2D eigenvalue weighted by Crippen LogP contribution is 2.34. The average molecular weight is 434 g/mol. The lowest BCUT2D eigenvalue weighted by Crippen LogP contribution is -2.35. The molecule has 0 bridgehead atoms. The van der Waals surface area contributed by atoms with Crippen LogP contribution in [0.5, 0.6) is 0 Å². The molecule has 4 rings (SSSR count). The Morgan fingerprint density at radius 2 is 2.04 bits per heavy atom. The molecule has 0 saturated carbocycles. The molecule has 1 aliphatic rings. The molecule has 0 aliphatic carbocycles. The van der Waals surface area contributed by atoms with Gasteiger partial charge in [-0.05, 0) is 84.3 Å². The van der Waals surface area contributed by atoms with Gasteiger partial charge >= 0.3 is 0 Å².